The summed E-state index contributed by atoms with van der Waals surface area (Å²) in [7, 11) is 0. The first kappa shape index (κ1) is 10.8. The first-order valence-electron chi connectivity index (χ1n) is 5.25. The molecule has 2 rings (SSSR count). The molecule has 0 saturated carbocycles. The van der Waals surface area contributed by atoms with E-state index in [-0.39, 0.29) is 18.2 Å². The van der Waals surface area contributed by atoms with Gasteiger partial charge in [-0.1, -0.05) is 12.1 Å². The molecule has 0 aliphatic heterocycles. The van der Waals surface area contributed by atoms with Crippen LogP contribution in [0.2, 0.25) is 0 Å². The number of hydrogen-bond donors (Lipinski definition) is 1. The van der Waals surface area contributed by atoms with Crippen molar-refractivity contribution >= 4 is 10.8 Å². The molecule has 0 aliphatic carbocycles. The second-order valence-corrected chi connectivity index (χ2v) is 4.07. The molecule has 0 saturated heterocycles. The summed E-state index contributed by atoms with van der Waals surface area (Å²) in [4.78, 5) is 12.1. The van der Waals surface area contributed by atoms with Crippen LogP contribution in [0.1, 0.15) is 25.5 Å². The molecular weight excluding hydrogens is 204 g/mol. The van der Waals surface area contributed by atoms with Gasteiger partial charge in [0.25, 0.3) is 5.56 Å². The molecule has 1 N–H and O–H groups in total. The van der Waals surface area contributed by atoms with Crippen LogP contribution in [0, 0.1) is 0 Å². The highest BCUT2D eigenvalue weighted by atomic mass is 16.3. The van der Waals surface area contributed by atoms with Crippen LogP contribution in [-0.2, 0) is 6.61 Å². The van der Waals surface area contributed by atoms with Gasteiger partial charge in [-0.2, -0.15) is 5.10 Å². The third kappa shape index (κ3) is 1.72. The zero-order valence-corrected chi connectivity index (χ0v) is 9.34. The predicted octanol–water partition coefficient (Wildman–Crippen LogP) is 1.47. The zero-order valence-electron chi connectivity index (χ0n) is 9.34. The lowest BCUT2D eigenvalue weighted by atomic mass is 10.1. The molecule has 4 heteroatoms. The van der Waals surface area contributed by atoms with Crippen molar-refractivity contribution in [1.29, 1.82) is 0 Å². The van der Waals surface area contributed by atoms with Gasteiger partial charge in [0.1, 0.15) is 0 Å². The minimum absolute atomic E-state index is 0.0367. The number of rotatable bonds is 2. The van der Waals surface area contributed by atoms with Crippen molar-refractivity contribution in [3.8, 4) is 0 Å². The van der Waals surface area contributed by atoms with Crippen LogP contribution < -0.4 is 5.56 Å². The number of fused-ring (bicyclic) bond motifs is 1. The Balaban J connectivity index is 2.76. The Labute approximate surface area is 93.1 Å². The number of aliphatic hydroxyl groups excluding tert-OH is 1. The molecule has 1 aromatic heterocycles. The number of hydrogen-bond acceptors (Lipinski definition) is 3. The van der Waals surface area contributed by atoms with Gasteiger partial charge < -0.3 is 5.11 Å². The van der Waals surface area contributed by atoms with E-state index in [2.05, 4.69) is 5.10 Å². The van der Waals surface area contributed by atoms with Crippen molar-refractivity contribution in [3.05, 3.63) is 40.3 Å². The Morgan fingerprint density at radius 3 is 2.81 bits per heavy atom. The maximum absolute atomic E-state index is 12.1. The highest BCUT2D eigenvalue weighted by Crippen LogP contribution is 2.12. The molecule has 0 atom stereocenters. The highest BCUT2D eigenvalue weighted by Gasteiger charge is 2.07. The first-order valence-corrected chi connectivity index (χ1v) is 5.25. The van der Waals surface area contributed by atoms with Crippen LogP contribution in [0.15, 0.2) is 29.2 Å². The zero-order chi connectivity index (χ0) is 11.7. The fourth-order valence-electron chi connectivity index (χ4n) is 1.67. The second kappa shape index (κ2) is 4.06. The fraction of sp³-hybridized carbons (Fsp3) is 0.333. The maximum Gasteiger partial charge on any atom is 0.274 e. The summed E-state index contributed by atoms with van der Waals surface area (Å²) in [5, 5.41) is 14.6. The number of nitrogens with zero attached hydrogens (tertiary/aromatic N) is 2. The van der Waals surface area contributed by atoms with Gasteiger partial charge in [0, 0.05) is 5.39 Å². The number of aliphatic hydroxyl groups is 1. The summed E-state index contributed by atoms with van der Waals surface area (Å²) in [6.07, 6.45) is 1.68. The monoisotopic (exact) mass is 218 g/mol. The average Bonchev–Trinajstić information content (AvgIpc) is 2.28. The Kier molecular flexibility index (Phi) is 2.75. The predicted molar refractivity (Wildman–Crippen MR) is 62.3 cm³/mol. The van der Waals surface area contributed by atoms with Crippen LogP contribution in [0.25, 0.3) is 10.8 Å². The molecule has 1 heterocycles. The molecule has 0 fully saturated rings. The normalized spacial score (nSPS) is 11.2. The van der Waals surface area contributed by atoms with E-state index >= 15 is 0 Å². The van der Waals surface area contributed by atoms with E-state index in [9.17, 15) is 4.79 Å². The van der Waals surface area contributed by atoms with Crippen LogP contribution in [0.4, 0.5) is 0 Å². The third-order valence-corrected chi connectivity index (χ3v) is 2.55. The van der Waals surface area contributed by atoms with E-state index in [0.717, 1.165) is 10.9 Å². The van der Waals surface area contributed by atoms with Gasteiger partial charge in [-0.05, 0) is 25.5 Å². The van der Waals surface area contributed by atoms with Gasteiger partial charge in [-0.3, -0.25) is 4.79 Å². The summed E-state index contributed by atoms with van der Waals surface area (Å²) in [6, 6.07) is 5.36. The Morgan fingerprint density at radius 2 is 2.19 bits per heavy atom. The van der Waals surface area contributed by atoms with E-state index in [4.69, 9.17) is 5.11 Å². The van der Waals surface area contributed by atoms with Gasteiger partial charge in [0.05, 0.1) is 24.2 Å². The average molecular weight is 218 g/mol. The third-order valence-electron chi connectivity index (χ3n) is 2.55. The molecule has 0 aliphatic rings. The molecule has 1 aromatic carbocycles. The summed E-state index contributed by atoms with van der Waals surface area (Å²) in [5.41, 5.74) is 0.633. The van der Waals surface area contributed by atoms with E-state index in [0.29, 0.717) is 5.39 Å². The summed E-state index contributed by atoms with van der Waals surface area (Å²) in [6.45, 7) is 3.77. The van der Waals surface area contributed by atoms with E-state index < -0.39 is 0 Å². The van der Waals surface area contributed by atoms with Gasteiger partial charge >= 0.3 is 0 Å². The lowest BCUT2D eigenvalue weighted by molar-refractivity contribution is 0.282. The number of aromatic nitrogens is 2. The Hall–Kier alpha value is -1.68. The summed E-state index contributed by atoms with van der Waals surface area (Å²) >= 11 is 0. The van der Waals surface area contributed by atoms with Gasteiger partial charge in [0.15, 0.2) is 0 Å². The van der Waals surface area contributed by atoms with Crippen LogP contribution in [0.3, 0.4) is 0 Å². The molecule has 0 bridgehead atoms. The highest BCUT2D eigenvalue weighted by molar-refractivity contribution is 5.81. The second-order valence-electron chi connectivity index (χ2n) is 4.07. The van der Waals surface area contributed by atoms with Crippen LogP contribution in [-0.4, -0.2) is 14.9 Å². The van der Waals surface area contributed by atoms with Crippen molar-refractivity contribution in [1.82, 2.24) is 9.78 Å². The summed E-state index contributed by atoms with van der Waals surface area (Å²) < 4.78 is 1.45. The topological polar surface area (TPSA) is 55.1 Å². The Morgan fingerprint density at radius 1 is 1.44 bits per heavy atom. The molecule has 2 aromatic rings. The van der Waals surface area contributed by atoms with E-state index in [1.54, 1.807) is 24.4 Å². The van der Waals surface area contributed by atoms with Gasteiger partial charge in [-0.15, -0.1) is 0 Å². The van der Waals surface area contributed by atoms with Gasteiger partial charge in [0.2, 0.25) is 0 Å². The van der Waals surface area contributed by atoms with Crippen LogP contribution in [0.5, 0.6) is 0 Å². The lowest BCUT2D eigenvalue weighted by Gasteiger charge is -2.09. The molecule has 84 valence electrons. The number of benzene rings is 1. The molecule has 0 unspecified atom stereocenters. The molecule has 0 radical (unpaired) electrons. The van der Waals surface area contributed by atoms with Crippen molar-refractivity contribution in [2.75, 3.05) is 0 Å². The van der Waals surface area contributed by atoms with Crippen molar-refractivity contribution in [2.24, 2.45) is 0 Å². The standard InChI is InChI=1S/C12H14N2O2/c1-8(2)14-12(16)11-5-9(7-15)3-4-10(11)6-13-14/h3-6,8,15H,7H2,1-2H3. The fourth-order valence-corrected chi connectivity index (χ4v) is 1.67. The summed E-state index contributed by atoms with van der Waals surface area (Å²) in [5.74, 6) is 0. The van der Waals surface area contributed by atoms with Crippen molar-refractivity contribution in [2.45, 2.75) is 26.5 Å². The quantitative estimate of drug-likeness (QED) is 0.830. The molecule has 16 heavy (non-hydrogen) atoms. The SMILES string of the molecule is CC(C)n1ncc2ccc(CO)cc2c1=O. The van der Waals surface area contributed by atoms with Crippen molar-refractivity contribution in [3.63, 3.8) is 0 Å². The Bertz CT molecular complexity index is 573. The molecule has 4 nitrogen and oxygen atoms in total. The maximum atomic E-state index is 12.1. The largest absolute Gasteiger partial charge is 0.392 e. The van der Waals surface area contributed by atoms with E-state index in [1.165, 1.54) is 4.68 Å². The van der Waals surface area contributed by atoms with Crippen molar-refractivity contribution < 1.29 is 5.11 Å². The van der Waals surface area contributed by atoms with E-state index in [1.807, 2.05) is 13.8 Å². The van der Waals surface area contributed by atoms with Crippen LogP contribution >= 0.6 is 0 Å². The smallest absolute Gasteiger partial charge is 0.274 e. The molecule has 0 spiro atoms. The first-order chi connectivity index (χ1) is 7.63. The lowest BCUT2D eigenvalue weighted by Crippen LogP contribution is -2.24. The minimum atomic E-state index is -0.109. The minimum Gasteiger partial charge on any atom is -0.392 e. The van der Waals surface area contributed by atoms with Gasteiger partial charge in [-0.25, -0.2) is 4.68 Å². The molecule has 0 amide bonds. The molecular formula is C12H14N2O2.